The maximum absolute atomic E-state index is 7.41. The molecule has 0 saturated carbocycles. The summed E-state index contributed by atoms with van der Waals surface area (Å²) in [5.41, 5.74) is 11.4. The van der Waals surface area contributed by atoms with Crippen molar-refractivity contribution in [1.29, 1.82) is 5.41 Å². The van der Waals surface area contributed by atoms with Gasteiger partial charge in [0, 0.05) is 16.9 Å². The van der Waals surface area contributed by atoms with E-state index in [-0.39, 0.29) is 5.84 Å². The molecule has 5 heteroatoms. The number of thiazole rings is 1. The fourth-order valence-electron chi connectivity index (χ4n) is 1.94. The van der Waals surface area contributed by atoms with Gasteiger partial charge in [-0.2, -0.15) is 0 Å². The molecule has 2 aromatic rings. The zero-order valence-electron chi connectivity index (χ0n) is 11.8. The van der Waals surface area contributed by atoms with Gasteiger partial charge in [-0.05, 0) is 31.0 Å². The Hall–Kier alpha value is -1.72. The molecule has 1 heterocycles. The molecule has 1 aromatic heterocycles. The van der Waals surface area contributed by atoms with E-state index in [1.807, 2.05) is 37.6 Å². The molecule has 0 aliphatic heterocycles. The minimum Gasteiger partial charge on any atom is -0.384 e. The molecule has 0 radical (unpaired) electrons. The number of aryl methyl sites for hydroxylation is 2. The quantitative estimate of drug-likeness (QED) is 0.488. The smallest absolute Gasteiger partial charge is 0.122 e. The maximum atomic E-state index is 7.41. The van der Waals surface area contributed by atoms with Crippen molar-refractivity contribution in [2.45, 2.75) is 26.9 Å². The summed E-state index contributed by atoms with van der Waals surface area (Å²) in [6, 6.07) is 5.76. The fraction of sp³-hybridized carbons (Fsp3) is 0.333. The first-order valence-corrected chi connectivity index (χ1v) is 7.36. The van der Waals surface area contributed by atoms with Gasteiger partial charge in [0.2, 0.25) is 0 Å². The predicted molar refractivity (Wildman–Crippen MR) is 82.4 cm³/mol. The number of rotatable bonds is 6. The largest absolute Gasteiger partial charge is 0.384 e. The Balaban J connectivity index is 1.85. The molecule has 20 heavy (non-hydrogen) atoms. The van der Waals surface area contributed by atoms with Crippen molar-refractivity contribution in [1.82, 2.24) is 4.98 Å². The molecule has 0 aliphatic rings. The molecular formula is C15H19N3OS. The maximum Gasteiger partial charge on any atom is 0.122 e. The normalized spacial score (nSPS) is 10.7. The van der Waals surface area contributed by atoms with Crippen LogP contribution in [0.4, 0.5) is 0 Å². The molecule has 0 fully saturated rings. The first-order chi connectivity index (χ1) is 9.58. The summed E-state index contributed by atoms with van der Waals surface area (Å²) < 4.78 is 5.72. The van der Waals surface area contributed by atoms with E-state index in [0.29, 0.717) is 13.2 Å². The van der Waals surface area contributed by atoms with Crippen molar-refractivity contribution >= 4 is 17.2 Å². The number of benzene rings is 1. The molecule has 0 unspecified atom stereocenters. The zero-order valence-corrected chi connectivity index (χ0v) is 12.6. The second-order valence-electron chi connectivity index (χ2n) is 4.72. The molecule has 1 aromatic carbocycles. The highest BCUT2D eigenvalue weighted by Gasteiger charge is 2.04. The van der Waals surface area contributed by atoms with E-state index in [9.17, 15) is 0 Å². The van der Waals surface area contributed by atoms with Gasteiger partial charge in [0.1, 0.15) is 5.84 Å². The van der Waals surface area contributed by atoms with Gasteiger partial charge in [0.05, 0.1) is 24.4 Å². The van der Waals surface area contributed by atoms with Crippen LogP contribution >= 0.6 is 11.3 Å². The first-order valence-electron chi connectivity index (χ1n) is 6.48. The van der Waals surface area contributed by atoms with Gasteiger partial charge in [-0.15, -0.1) is 11.3 Å². The number of nitrogen functional groups attached to an aromatic ring is 1. The zero-order chi connectivity index (χ0) is 14.5. The Labute approximate surface area is 123 Å². The highest BCUT2D eigenvalue weighted by atomic mass is 32.1. The van der Waals surface area contributed by atoms with Crippen molar-refractivity contribution in [2.75, 3.05) is 6.61 Å². The van der Waals surface area contributed by atoms with Gasteiger partial charge >= 0.3 is 0 Å². The van der Waals surface area contributed by atoms with Crippen LogP contribution in [0.15, 0.2) is 23.7 Å². The summed E-state index contributed by atoms with van der Waals surface area (Å²) in [5, 5.41) is 7.41. The van der Waals surface area contributed by atoms with E-state index in [1.165, 1.54) is 4.88 Å². The van der Waals surface area contributed by atoms with E-state index in [4.69, 9.17) is 15.9 Å². The highest BCUT2D eigenvalue weighted by Crippen LogP contribution is 2.15. The Morgan fingerprint density at radius 1 is 1.40 bits per heavy atom. The molecule has 0 aliphatic carbocycles. The van der Waals surface area contributed by atoms with Gasteiger partial charge in [-0.25, -0.2) is 4.98 Å². The van der Waals surface area contributed by atoms with Crippen molar-refractivity contribution in [3.63, 3.8) is 0 Å². The Kier molecular flexibility index (Phi) is 4.87. The minimum atomic E-state index is 0.0984. The van der Waals surface area contributed by atoms with Crippen LogP contribution in [-0.4, -0.2) is 17.4 Å². The van der Waals surface area contributed by atoms with Gasteiger partial charge in [-0.3, -0.25) is 5.41 Å². The molecule has 0 spiro atoms. The summed E-state index contributed by atoms with van der Waals surface area (Å²) in [6.07, 6.45) is 0.904. The van der Waals surface area contributed by atoms with Crippen LogP contribution in [0.1, 0.15) is 27.3 Å². The summed E-state index contributed by atoms with van der Waals surface area (Å²) in [7, 11) is 0. The van der Waals surface area contributed by atoms with Crippen LogP contribution in [0.25, 0.3) is 0 Å². The summed E-state index contributed by atoms with van der Waals surface area (Å²) in [4.78, 5) is 5.51. The van der Waals surface area contributed by atoms with Gasteiger partial charge in [-0.1, -0.05) is 12.1 Å². The topological polar surface area (TPSA) is 72.0 Å². The fourth-order valence-corrected chi connectivity index (χ4v) is 2.70. The lowest BCUT2D eigenvalue weighted by Gasteiger charge is -2.09. The summed E-state index contributed by atoms with van der Waals surface area (Å²) >= 11 is 1.68. The van der Waals surface area contributed by atoms with Crippen LogP contribution in [0.3, 0.4) is 0 Å². The summed E-state index contributed by atoms with van der Waals surface area (Å²) in [6.45, 7) is 5.31. The lowest BCUT2D eigenvalue weighted by Crippen LogP contribution is -2.11. The Morgan fingerprint density at radius 2 is 2.20 bits per heavy atom. The monoisotopic (exact) mass is 289 g/mol. The molecule has 4 nitrogen and oxygen atoms in total. The van der Waals surface area contributed by atoms with Gasteiger partial charge in [0.15, 0.2) is 0 Å². The van der Waals surface area contributed by atoms with Crippen LogP contribution in [0.5, 0.6) is 0 Å². The molecular weight excluding hydrogens is 270 g/mol. The average molecular weight is 289 g/mol. The second kappa shape index (κ2) is 6.63. The first kappa shape index (κ1) is 14.7. The van der Waals surface area contributed by atoms with E-state index >= 15 is 0 Å². The minimum absolute atomic E-state index is 0.0984. The third-order valence-electron chi connectivity index (χ3n) is 3.23. The van der Waals surface area contributed by atoms with Crippen LogP contribution < -0.4 is 5.73 Å². The predicted octanol–water partition coefficient (Wildman–Crippen LogP) is 2.80. The van der Waals surface area contributed by atoms with Gasteiger partial charge < -0.3 is 10.5 Å². The molecule has 2 rings (SSSR count). The van der Waals surface area contributed by atoms with E-state index < -0.39 is 0 Å². The van der Waals surface area contributed by atoms with Crippen LogP contribution in [0.2, 0.25) is 0 Å². The van der Waals surface area contributed by atoms with E-state index in [2.05, 4.69) is 4.98 Å². The second-order valence-corrected chi connectivity index (χ2v) is 5.66. The van der Waals surface area contributed by atoms with Crippen LogP contribution in [-0.2, 0) is 17.8 Å². The molecule has 0 amide bonds. The molecule has 106 valence electrons. The number of nitrogens with one attached hydrogen (secondary N) is 1. The van der Waals surface area contributed by atoms with Crippen LogP contribution in [0, 0.1) is 19.3 Å². The molecule has 0 atom stereocenters. The standard InChI is InChI=1S/C15H19N3OS/c1-10-7-12(15(16)17)3-4-13(10)8-19-6-5-14-11(2)18-9-20-14/h3-4,7,9H,5-6,8H2,1-2H3,(H3,16,17). The lowest BCUT2D eigenvalue weighted by atomic mass is 10.1. The SMILES string of the molecule is Cc1cc(C(=N)N)ccc1COCCc1scnc1C. The van der Waals surface area contributed by atoms with E-state index in [1.54, 1.807) is 11.3 Å². The number of hydrogen-bond donors (Lipinski definition) is 2. The third-order valence-corrected chi connectivity index (χ3v) is 4.22. The number of nitrogens with two attached hydrogens (primary N) is 1. The Bertz CT molecular complexity index is 607. The van der Waals surface area contributed by atoms with Crippen molar-refractivity contribution < 1.29 is 4.74 Å². The number of amidine groups is 1. The van der Waals surface area contributed by atoms with E-state index in [0.717, 1.165) is 28.8 Å². The highest BCUT2D eigenvalue weighted by molar-refractivity contribution is 7.09. The van der Waals surface area contributed by atoms with Crippen molar-refractivity contribution in [3.8, 4) is 0 Å². The molecule has 0 saturated heterocycles. The number of ether oxygens (including phenoxy) is 1. The number of aromatic nitrogens is 1. The van der Waals surface area contributed by atoms with Gasteiger partial charge in [0.25, 0.3) is 0 Å². The lowest BCUT2D eigenvalue weighted by molar-refractivity contribution is 0.124. The molecule has 0 bridgehead atoms. The van der Waals surface area contributed by atoms with Crippen molar-refractivity contribution in [2.24, 2.45) is 5.73 Å². The third kappa shape index (κ3) is 3.65. The Morgan fingerprint density at radius 3 is 2.80 bits per heavy atom. The number of hydrogen-bond acceptors (Lipinski definition) is 4. The average Bonchev–Trinajstić information content (AvgIpc) is 2.81. The van der Waals surface area contributed by atoms with Crippen molar-refractivity contribution in [3.05, 3.63) is 51.0 Å². The molecule has 3 N–H and O–H groups in total. The summed E-state index contributed by atoms with van der Waals surface area (Å²) in [5.74, 6) is 0.0984. The number of nitrogens with zero attached hydrogens (tertiary/aromatic N) is 1.